The van der Waals surface area contributed by atoms with E-state index in [4.69, 9.17) is 5.73 Å². The van der Waals surface area contributed by atoms with Crippen molar-refractivity contribution in [3.63, 3.8) is 0 Å². The Labute approximate surface area is 124 Å². The lowest BCUT2D eigenvalue weighted by Gasteiger charge is -2.17. The third-order valence-corrected chi connectivity index (χ3v) is 3.58. The molecule has 0 spiro atoms. The Morgan fingerprint density at radius 2 is 2.10 bits per heavy atom. The molecule has 0 saturated heterocycles. The summed E-state index contributed by atoms with van der Waals surface area (Å²) in [6.45, 7) is 6.42. The van der Waals surface area contributed by atoms with Crippen LogP contribution in [0.3, 0.4) is 0 Å². The number of carbonyl (C=O) groups is 1. The van der Waals surface area contributed by atoms with Gasteiger partial charge in [0.2, 0.25) is 5.91 Å². The van der Waals surface area contributed by atoms with E-state index in [2.05, 4.69) is 15.5 Å². The van der Waals surface area contributed by atoms with Gasteiger partial charge >= 0.3 is 0 Å². The number of rotatable bonds is 5. The number of amides is 1. The van der Waals surface area contributed by atoms with Gasteiger partial charge in [-0.3, -0.25) is 4.79 Å². The third kappa shape index (κ3) is 3.28. The molecule has 0 aliphatic rings. The first kappa shape index (κ1) is 15.2. The lowest BCUT2D eigenvalue weighted by molar-refractivity contribution is -0.119. The molecule has 0 bridgehead atoms. The highest BCUT2D eigenvalue weighted by Crippen LogP contribution is 2.26. The van der Waals surface area contributed by atoms with Gasteiger partial charge in [-0.25, -0.2) is 0 Å². The largest absolute Gasteiger partial charge is 0.327 e. The number of nitrogens with two attached hydrogens (primary N) is 1. The van der Waals surface area contributed by atoms with Gasteiger partial charge in [-0.05, 0) is 26.0 Å². The molecule has 6 nitrogen and oxygen atoms in total. The van der Waals surface area contributed by atoms with E-state index in [-0.39, 0.29) is 17.9 Å². The standard InChI is InChI=1S/C15H21N5O/c1-4-20-9-17-19-14(20)12-7-5-6-8-13(12)18-15(21)10(2)11(3)16/h5-11H,4,16H2,1-3H3,(H,18,21). The molecule has 1 aromatic heterocycles. The smallest absolute Gasteiger partial charge is 0.228 e. The van der Waals surface area contributed by atoms with E-state index in [9.17, 15) is 4.79 Å². The number of para-hydroxylation sites is 1. The second-order valence-corrected chi connectivity index (χ2v) is 5.12. The van der Waals surface area contributed by atoms with Crippen LogP contribution in [0.15, 0.2) is 30.6 Å². The van der Waals surface area contributed by atoms with Crippen LogP contribution in [0, 0.1) is 5.92 Å². The number of anilines is 1. The van der Waals surface area contributed by atoms with Gasteiger partial charge in [-0.15, -0.1) is 10.2 Å². The number of nitrogens with zero attached hydrogens (tertiary/aromatic N) is 3. The average molecular weight is 287 g/mol. The molecule has 1 amide bonds. The van der Waals surface area contributed by atoms with Crippen LogP contribution in [0.4, 0.5) is 5.69 Å². The maximum Gasteiger partial charge on any atom is 0.228 e. The zero-order valence-electron chi connectivity index (χ0n) is 12.6. The number of nitrogens with one attached hydrogen (secondary N) is 1. The van der Waals surface area contributed by atoms with Gasteiger partial charge in [0.25, 0.3) is 0 Å². The van der Waals surface area contributed by atoms with E-state index in [0.717, 1.165) is 23.6 Å². The number of hydrogen-bond donors (Lipinski definition) is 2. The van der Waals surface area contributed by atoms with E-state index in [1.54, 1.807) is 6.33 Å². The maximum absolute atomic E-state index is 12.2. The molecule has 2 atom stereocenters. The van der Waals surface area contributed by atoms with Crippen LogP contribution in [-0.2, 0) is 11.3 Å². The summed E-state index contributed by atoms with van der Waals surface area (Å²) < 4.78 is 1.93. The lowest BCUT2D eigenvalue weighted by Crippen LogP contribution is -2.34. The van der Waals surface area contributed by atoms with Crippen molar-refractivity contribution in [2.75, 3.05) is 5.32 Å². The van der Waals surface area contributed by atoms with Crippen LogP contribution in [0.5, 0.6) is 0 Å². The van der Waals surface area contributed by atoms with Gasteiger partial charge in [0.15, 0.2) is 5.82 Å². The Morgan fingerprint density at radius 3 is 2.76 bits per heavy atom. The first-order chi connectivity index (χ1) is 10.0. The van der Waals surface area contributed by atoms with Crippen molar-refractivity contribution in [1.82, 2.24) is 14.8 Å². The van der Waals surface area contributed by atoms with Crippen molar-refractivity contribution in [3.05, 3.63) is 30.6 Å². The Morgan fingerprint density at radius 1 is 1.38 bits per heavy atom. The van der Waals surface area contributed by atoms with Gasteiger partial charge in [0.1, 0.15) is 6.33 Å². The molecule has 6 heteroatoms. The predicted octanol–water partition coefficient (Wildman–Crippen LogP) is 1.89. The Bertz CT molecular complexity index is 620. The second kappa shape index (κ2) is 6.49. The highest BCUT2D eigenvalue weighted by atomic mass is 16.1. The van der Waals surface area contributed by atoms with E-state index in [1.807, 2.05) is 49.6 Å². The monoisotopic (exact) mass is 287 g/mol. The molecule has 1 aromatic carbocycles. The number of benzene rings is 1. The first-order valence-electron chi connectivity index (χ1n) is 7.08. The summed E-state index contributed by atoms with van der Waals surface area (Å²) in [6.07, 6.45) is 1.68. The number of aryl methyl sites for hydroxylation is 1. The molecule has 2 unspecified atom stereocenters. The molecule has 0 radical (unpaired) electrons. The zero-order chi connectivity index (χ0) is 15.4. The van der Waals surface area contributed by atoms with E-state index in [0.29, 0.717) is 0 Å². The predicted molar refractivity (Wildman–Crippen MR) is 82.6 cm³/mol. The fraction of sp³-hybridized carbons (Fsp3) is 0.400. The molecular formula is C15H21N5O. The molecule has 0 saturated carbocycles. The minimum absolute atomic E-state index is 0.0972. The Kier molecular flexibility index (Phi) is 4.70. The molecule has 2 rings (SSSR count). The highest BCUT2D eigenvalue weighted by molar-refractivity contribution is 5.96. The minimum atomic E-state index is -0.262. The fourth-order valence-corrected chi connectivity index (χ4v) is 1.97. The molecule has 1 heterocycles. The van der Waals surface area contributed by atoms with Crippen molar-refractivity contribution >= 4 is 11.6 Å². The summed E-state index contributed by atoms with van der Waals surface area (Å²) in [4.78, 5) is 12.2. The van der Waals surface area contributed by atoms with Gasteiger partial charge in [0, 0.05) is 18.2 Å². The van der Waals surface area contributed by atoms with Crippen LogP contribution < -0.4 is 11.1 Å². The molecule has 3 N–H and O–H groups in total. The SMILES string of the molecule is CCn1cnnc1-c1ccccc1NC(=O)C(C)C(C)N. The van der Waals surface area contributed by atoms with Crippen molar-refractivity contribution in [1.29, 1.82) is 0 Å². The number of aromatic nitrogens is 3. The highest BCUT2D eigenvalue weighted by Gasteiger charge is 2.19. The quantitative estimate of drug-likeness (QED) is 0.879. The summed E-state index contributed by atoms with van der Waals surface area (Å²) in [6, 6.07) is 7.37. The molecule has 2 aromatic rings. The van der Waals surface area contributed by atoms with E-state index >= 15 is 0 Å². The molecule has 0 aliphatic carbocycles. The van der Waals surface area contributed by atoms with Crippen LogP contribution >= 0.6 is 0 Å². The summed E-state index contributed by atoms with van der Waals surface area (Å²) in [5.74, 6) is 0.379. The molecule has 0 aliphatic heterocycles. The topological polar surface area (TPSA) is 85.8 Å². The van der Waals surface area contributed by atoms with E-state index in [1.165, 1.54) is 0 Å². The number of carbonyl (C=O) groups excluding carboxylic acids is 1. The van der Waals surface area contributed by atoms with Crippen molar-refractivity contribution in [3.8, 4) is 11.4 Å². The van der Waals surface area contributed by atoms with Gasteiger partial charge in [0.05, 0.1) is 11.6 Å². The minimum Gasteiger partial charge on any atom is -0.327 e. The average Bonchev–Trinajstić information content (AvgIpc) is 2.95. The lowest BCUT2D eigenvalue weighted by atomic mass is 10.0. The normalized spacial score (nSPS) is 13.7. The van der Waals surface area contributed by atoms with Crippen LogP contribution in [0.25, 0.3) is 11.4 Å². The Hall–Kier alpha value is -2.21. The zero-order valence-corrected chi connectivity index (χ0v) is 12.6. The first-order valence-corrected chi connectivity index (χ1v) is 7.08. The van der Waals surface area contributed by atoms with Crippen LogP contribution in [0.2, 0.25) is 0 Å². The summed E-state index contributed by atoms with van der Waals surface area (Å²) in [5.41, 5.74) is 7.35. The molecule has 112 valence electrons. The number of hydrogen-bond acceptors (Lipinski definition) is 4. The van der Waals surface area contributed by atoms with Crippen molar-refractivity contribution in [2.45, 2.75) is 33.4 Å². The summed E-state index contributed by atoms with van der Waals surface area (Å²) in [7, 11) is 0. The van der Waals surface area contributed by atoms with Crippen LogP contribution in [-0.4, -0.2) is 26.7 Å². The van der Waals surface area contributed by atoms with Gasteiger partial charge < -0.3 is 15.6 Å². The maximum atomic E-state index is 12.2. The van der Waals surface area contributed by atoms with Crippen molar-refractivity contribution < 1.29 is 4.79 Å². The second-order valence-electron chi connectivity index (χ2n) is 5.12. The van der Waals surface area contributed by atoms with Gasteiger partial charge in [-0.2, -0.15) is 0 Å². The van der Waals surface area contributed by atoms with Gasteiger partial charge in [-0.1, -0.05) is 19.1 Å². The molecule has 21 heavy (non-hydrogen) atoms. The van der Waals surface area contributed by atoms with Crippen molar-refractivity contribution in [2.24, 2.45) is 11.7 Å². The summed E-state index contributed by atoms with van der Waals surface area (Å²) in [5, 5.41) is 11.0. The Balaban J connectivity index is 2.32. The fourth-order valence-electron chi connectivity index (χ4n) is 1.97. The molecule has 0 fully saturated rings. The summed E-state index contributed by atoms with van der Waals surface area (Å²) >= 11 is 0. The van der Waals surface area contributed by atoms with Crippen LogP contribution in [0.1, 0.15) is 20.8 Å². The van der Waals surface area contributed by atoms with E-state index < -0.39 is 0 Å². The third-order valence-electron chi connectivity index (χ3n) is 3.58. The molecular weight excluding hydrogens is 266 g/mol.